The maximum absolute atomic E-state index is 12.1. The van der Waals surface area contributed by atoms with Crippen molar-refractivity contribution >= 4 is 11.8 Å². The molecule has 0 radical (unpaired) electrons. The average Bonchev–Trinajstić information content (AvgIpc) is 2.28. The summed E-state index contributed by atoms with van der Waals surface area (Å²) in [5.74, 6) is -1.16. The minimum atomic E-state index is -0.887. The molecule has 1 unspecified atom stereocenters. The Balaban J connectivity index is 3.00. The third-order valence-electron chi connectivity index (χ3n) is 2.74. The molecule has 0 fully saturated rings. The standard InChI is InChI=1S/C12H19N3O3/c1-8(2)15-6-5-13-10(11(15)16)14(4)7-9(3)12(17)18/h5-6,8-9H,7H2,1-4H3,(H,17,18). The largest absolute Gasteiger partial charge is 0.481 e. The first-order valence-electron chi connectivity index (χ1n) is 5.85. The Kier molecular flexibility index (Phi) is 4.47. The predicted molar refractivity (Wildman–Crippen MR) is 69.0 cm³/mol. The Morgan fingerprint density at radius 3 is 2.61 bits per heavy atom. The van der Waals surface area contributed by atoms with Crippen LogP contribution in [0.15, 0.2) is 17.2 Å². The molecule has 1 N–H and O–H groups in total. The number of aromatic nitrogens is 2. The highest BCUT2D eigenvalue weighted by atomic mass is 16.4. The fraction of sp³-hybridized carbons (Fsp3) is 0.583. The number of carboxylic acids is 1. The van der Waals surface area contributed by atoms with Crippen LogP contribution < -0.4 is 10.5 Å². The van der Waals surface area contributed by atoms with Gasteiger partial charge in [-0.3, -0.25) is 9.59 Å². The van der Waals surface area contributed by atoms with E-state index in [9.17, 15) is 9.59 Å². The van der Waals surface area contributed by atoms with E-state index < -0.39 is 11.9 Å². The number of hydrogen-bond donors (Lipinski definition) is 1. The van der Waals surface area contributed by atoms with E-state index in [1.807, 2.05) is 13.8 Å². The first kappa shape index (κ1) is 14.2. The van der Waals surface area contributed by atoms with Crippen molar-refractivity contribution in [2.45, 2.75) is 26.8 Å². The van der Waals surface area contributed by atoms with E-state index in [4.69, 9.17) is 5.11 Å². The van der Waals surface area contributed by atoms with E-state index in [0.717, 1.165) is 0 Å². The molecule has 100 valence electrons. The van der Waals surface area contributed by atoms with Crippen molar-refractivity contribution < 1.29 is 9.90 Å². The zero-order valence-electron chi connectivity index (χ0n) is 11.1. The third-order valence-corrected chi connectivity index (χ3v) is 2.74. The molecule has 1 aromatic rings. The molecule has 0 bridgehead atoms. The van der Waals surface area contributed by atoms with Gasteiger partial charge in [0, 0.05) is 32.0 Å². The first-order valence-corrected chi connectivity index (χ1v) is 5.85. The summed E-state index contributed by atoms with van der Waals surface area (Å²) in [5, 5.41) is 8.86. The highest BCUT2D eigenvalue weighted by Crippen LogP contribution is 2.07. The number of carboxylic acid groups (broad SMARTS) is 1. The van der Waals surface area contributed by atoms with Crippen LogP contribution in [-0.2, 0) is 4.79 Å². The minimum Gasteiger partial charge on any atom is -0.481 e. The lowest BCUT2D eigenvalue weighted by Crippen LogP contribution is -2.35. The second kappa shape index (κ2) is 5.66. The van der Waals surface area contributed by atoms with Gasteiger partial charge in [0.2, 0.25) is 0 Å². The molecule has 0 aliphatic rings. The molecule has 1 atom stereocenters. The lowest BCUT2D eigenvalue weighted by atomic mass is 10.2. The molecule has 1 heterocycles. The molecule has 1 aromatic heterocycles. The van der Waals surface area contributed by atoms with Gasteiger partial charge >= 0.3 is 5.97 Å². The van der Waals surface area contributed by atoms with E-state index in [0.29, 0.717) is 0 Å². The summed E-state index contributed by atoms with van der Waals surface area (Å²) in [7, 11) is 1.67. The summed E-state index contributed by atoms with van der Waals surface area (Å²) < 4.78 is 1.57. The van der Waals surface area contributed by atoms with Gasteiger partial charge in [0.05, 0.1) is 5.92 Å². The van der Waals surface area contributed by atoms with Crippen molar-refractivity contribution in [1.29, 1.82) is 0 Å². The van der Waals surface area contributed by atoms with Gasteiger partial charge in [-0.25, -0.2) is 4.98 Å². The zero-order valence-corrected chi connectivity index (χ0v) is 11.1. The van der Waals surface area contributed by atoms with Crippen LogP contribution in [0.5, 0.6) is 0 Å². The second-order valence-electron chi connectivity index (χ2n) is 4.68. The number of nitrogens with zero attached hydrogens (tertiary/aromatic N) is 3. The molecule has 6 heteroatoms. The number of hydrogen-bond acceptors (Lipinski definition) is 4. The zero-order chi connectivity index (χ0) is 13.9. The Morgan fingerprint density at radius 2 is 2.11 bits per heavy atom. The molecular weight excluding hydrogens is 234 g/mol. The first-order chi connectivity index (χ1) is 8.34. The maximum atomic E-state index is 12.1. The molecular formula is C12H19N3O3. The summed E-state index contributed by atoms with van der Waals surface area (Å²) in [5.41, 5.74) is -0.201. The van der Waals surface area contributed by atoms with E-state index >= 15 is 0 Å². The van der Waals surface area contributed by atoms with Crippen LogP contribution >= 0.6 is 0 Å². The number of aliphatic carboxylic acids is 1. The van der Waals surface area contributed by atoms with Gasteiger partial charge < -0.3 is 14.6 Å². The van der Waals surface area contributed by atoms with Crippen molar-refractivity contribution in [2.75, 3.05) is 18.5 Å². The van der Waals surface area contributed by atoms with Gasteiger partial charge in [0.25, 0.3) is 5.56 Å². The predicted octanol–water partition coefficient (Wildman–Crippen LogP) is 0.981. The van der Waals surface area contributed by atoms with Crippen LogP contribution in [0.4, 0.5) is 5.82 Å². The van der Waals surface area contributed by atoms with Crippen LogP contribution in [0.2, 0.25) is 0 Å². The van der Waals surface area contributed by atoms with Gasteiger partial charge in [0.15, 0.2) is 5.82 Å². The Bertz CT molecular complexity index is 482. The van der Waals surface area contributed by atoms with Crippen LogP contribution in [0, 0.1) is 5.92 Å². The summed E-state index contributed by atoms with van der Waals surface area (Å²) in [6.45, 7) is 5.67. The number of carbonyl (C=O) groups is 1. The van der Waals surface area contributed by atoms with Crippen molar-refractivity contribution in [2.24, 2.45) is 5.92 Å². The fourth-order valence-electron chi connectivity index (χ4n) is 1.66. The monoisotopic (exact) mass is 253 g/mol. The summed E-state index contributed by atoms with van der Waals surface area (Å²) in [6.07, 6.45) is 3.18. The van der Waals surface area contributed by atoms with Crippen molar-refractivity contribution in [3.8, 4) is 0 Å². The van der Waals surface area contributed by atoms with Gasteiger partial charge in [-0.1, -0.05) is 6.92 Å². The number of anilines is 1. The highest BCUT2D eigenvalue weighted by Gasteiger charge is 2.17. The van der Waals surface area contributed by atoms with E-state index in [1.54, 1.807) is 35.8 Å². The van der Waals surface area contributed by atoms with Crippen LogP contribution in [0.1, 0.15) is 26.8 Å². The molecule has 0 amide bonds. The van der Waals surface area contributed by atoms with Gasteiger partial charge in [-0.15, -0.1) is 0 Å². The second-order valence-corrected chi connectivity index (χ2v) is 4.68. The lowest BCUT2D eigenvalue weighted by molar-refractivity contribution is -0.140. The fourth-order valence-corrected chi connectivity index (χ4v) is 1.66. The summed E-state index contributed by atoms with van der Waals surface area (Å²) in [4.78, 5) is 28.5. The lowest BCUT2D eigenvalue weighted by Gasteiger charge is -2.21. The van der Waals surface area contributed by atoms with E-state index in [-0.39, 0.29) is 24.0 Å². The maximum Gasteiger partial charge on any atom is 0.308 e. The number of rotatable bonds is 5. The smallest absolute Gasteiger partial charge is 0.308 e. The van der Waals surface area contributed by atoms with Crippen molar-refractivity contribution in [3.05, 3.63) is 22.7 Å². The molecule has 18 heavy (non-hydrogen) atoms. The molecule has 0 aliphatic carbocycles. The van der Waals surface area contributed by atoms with Crippen molar-refractivity contribution in [1.82, 2.24) is 9.55 Å². The Morgan fingerprint density at radius 1 is 1.50 bits per heavy atom. The Hall–Kier alpha value is -1.85. The quantitative estimate of drug-likeness (QED) is 0.846. The van der Waals surface area contributed by atoms with Crippen LogP contribution in [0.25, 0.3) is 0 Å². The van der Waals surface area contributed by atoms with E-state index in [2.05, 4.69) is 4.98 Å². The topological polar surface area (TPSA) is 75.4 Å². The molecule has 6 nitrogen and oxygen atoms in total. The van der Waals surface area contributed by atoms with Gasteiger partial charge in [0.1, 0.15) is 0 Å². The minimum absolute atomic E-state index is 0.0459. The highest BCUT2D eigenvalue weighted by molar-refractivity contribution is 5.70. The average molecular weight is 253 g/mol. The molecule has 0 saturated heterocycles. The summed E-state index contributed by atoms with van der Waals surface area (Å²) >= 11 is 0. The molecule has 0 aromatic carbocycles. The van der Waals surface area contributed by atoms with Gasteiger partial charge in [-0.05, 0) is 13.8 Å². The molecule has 0 aliphatic heterocycles. The van der Waals surface area contributed by atoms with Gasteiger partial charge in [-0.2, -0.15) is 0 Å². The SMILES string of the molecule is CC(CN(C)c1nccn(C(C)C)c1=O)C(=O)O. The van der Waals surface area contributed by atoms with Crippen molar-refractivity contribution in [3.63, 3.8) is 0 Å². The normalized spacial score (nSPS) is 12.5. The van der Waals surface area contributed by atoms with Crippen LogP contribution in [-0.4, -0.2) is 34.2 Å². The molecule has 0 saturated carbocycles. The summed E-state index contributed by atoms with van der Waals surface area (Å²) in [6, 6.07) is 0.0459. The van der Waals surface area contributed by atoms with Crippen LogP contribution in [0.3, 0.4) is 0 Å². The molecule has 0 spiro atoms. The third kappa shape index (κ3) is 3.09. The Labute approximate surface area is 106 Å². The van der Waals surface area contributed by atoms with E-state index in [1.165, 1.54) is 0 Å². The molecule has 1 rings (SSSR count).